The molecule has 2 rings (SSSR count). The van der Waals surface area contributed by atoms with Crippen LogP contribution >= 0.6 is 11.8 Å². The van der Waals surface area contributed by atoms with Gasteiger partial charge in [-0.3, -0.25) is 0 Å². The summed E-state index contributed by atoms with van der Waals surface area (Å²) >= 11 is 1.90. The molecule has 2 heteroatoms. The van der Waals surface area contributed by atoms with Gasteiger partial charge < -0.3 is 5.32 Å². The Balaban J connectivity index is 1.98. The minimum atomic E-state index is 0.626. The zero-order chi connectivity index (χ0) is 6.27. The van der Waals surface area contributed by atoms with Gasteiger partial charge >= 0.3 is 0 Å². The van der Waals surface area contributed by atoms with Gasteiger partial charge in [0.15, 0.2) is 0 Å². The molecule has 9 heavy (non-hydrogen) atoms. The Kier molecular flexibility index (Phi) is 1.22. The average molecular weight is 141 g/mol. The maximum Gasteiger partial charge on any atom is 0.0732 e. The van der Waals surface area contributed by atoms with Crippen LogP contribution in [0.4, 0.5) is 0 Å². The Morgan fingerprint density at radius 1 is 1.67 bits per heavy atom. The minimum Gasteiger partial charge on any atom is -0.376 e. The highest BCUT2D eigenvalue weighted by Crippen LogP contribution is 2.39. The van der Waals surface area contributed by atoms with Crippen molar-refractivity contribution in [2.45, 2.75) is 25.1 Å². The van der Waals surface area contributed by atoms with E-state index in [0.29, 0.717) is 5.37 Å². The molecule has 1 aliphatic heterocycles. The van der Waals surface area contributed by atoms with Gasteiger partial charge in [-0.2, -0.15) is 0 Å². The van der Waals surface area contributed by atoms with E-state index < -0.39 is 0 Å². The molecule has 0 aromatic heterocycles. The van der Waals surface area contributed by atoms with Gasteiger partial charge in [0.05, 0.1) is 5.37 Å². The lowest BCUT2D eigenvalue weighted by Gasteiger charge is -2.04. The topological polar surface area (TPSA) is 12.0 Å². The standard InChI is InChI=1S/C7H11NS/c1-5-8-7(4-9-5)6-2-3-6/h4-6,8H,2-3H2,1H3. The molecule has 0 amide bonds. The first-order valence-electron chi connectivity index (χ1n) is 3.48. The van der Waals surface area contributed by atoms with Crippen molar-refractivity contribution >= 4 is 11.8 Å². The number of rotatable bonds is 1. The van der Waals surface area contributed by atoms with Gasteiger partial charge in [-0.15, -0.1) is 11.8 Å². The molecular formula is C7H11NS. The van der Waals surface area contributed by atoms with Gasteiger partial charge in [-0.05, 0) is 31.1 Å². The van der Waals surface area contributed by atoms with E-state index in [4.69, 9.17) is 0 Å². The predicted molar refractivity (Wildman–Crippen MR) is 41.0 cm³/mol. The zero-order valence-corrected chi connectivity index (χ0v) is 6.37. The summed E-state index contributed by atoms with van der Waals surface area (Å²) < 4.78 is 0. The lowest BCUT2D eigenvalue weighted by molar-refractivity contribution is 0.755. The van der Waals surface area contributed by atoms with Gasteiger partial charge in [0.1, 0.15) is 0 Å². The number of hydrogen-bond acceptors (Lipinski definition) is 2. The smallest absolute Gasteiger partial charge is 0.0732 e. The quantitative estimate of drug-likeness (QED) is 0.598. The summed E-state index contributed by atoms with van der Waals surface area (Å²) in [6.07, 6.45) is 2.82. The fourth-order valence-corrected chi connectivity index (χ4v) is 1.90. The minimum absolute atomic E-state index is 0.626. The van der Waals surface area contributed by atoms with Gasteiger partial charge in [-0.25, -0.2) is 0 Å². The molecular weight excluding hydrogens is 130 g/mol. The number of hydrogen-bond donors (Lipinski definition) is 1. The maximum atomic E-state index is 3.44. The highest BCUT2D eigenvalue weighted by atomic mass is 32.2. The van der Waals surface area contributed by atoms with E-state index in [1.165, 1.54) is 18.5 Å². The van der Waals surface area contributed by atoms with Crippen LogP contribution in [0, 0.1) is 5.92 Å². The van der Waals surface area contributed by atoms with Crippen LogP contribution in [0.1, 0.15) is 19.8 Å². The van der Waals surface area contributed by atoms with Gasteiger partial charge in [-0.1, -0.05) is 0 Å². The summed E-state index contributed by atoms with van der Waals surface area (Å²) in [4.78, 5) is 0. The van der Waals surface area contributed by atoms with Crippen molar-refractivity contribution in [3.05, 3.63) is 11.1 Å². The summed E-state index contributed by atoms with van der Waals surface area (Å²) in [6, 6.07) is 0. The number of allylic oxidation sites excluding steroid dienone is 1. The highest BCUT2D eigenvalue weighted by Gasteiger charge is 2.29. The summed E-state index contributed by atoms with van der Waals surface area (Å²) in [5.74, 6) is 0.905. The molecule has 0 aromatic carbocycles. The molecule has 2 aliphatic rings. The molecule has 50 valence electrons. The Labute approximate surface area is 59.9 Å². The molecule has 1 heterocycles. The van der Waals surface area contributed by atoms with Gasteiger partial charge in [0, 0.05) is 5.70 Å². The van der Waals surface area contributed by atoms with Crippen LogP contribution in [0.25, 0.3) is 0 Å². The fourth-order valence-electron chi connectivity index (χ4n) is 1.09. The van der Waals surface area contributed by atoms with Crippen molar-refractivity contribution < 1.29 is 0 Å². The molecule has 1 fully saturated rings. The van der Waals surface area contributed by atoms with E-state index in [0.717, 1.165) is 5.92 Å². The number of thioether (sulfide) groups is 1. The van der Waals surface area contributed by atoms with E-state index in [1.807, 2.05) is 11.8 Å². The lowest BCUT2D eigenvalue weighted by Crippen LogP contribution is -2.17. The van der Waals surface area contributed by atoms with E-state index in [9.17, 15) is 0 Å². The van der Waals surface area contributed by atoms with Crippen molar-refractivity contribution in [3.63, 3.8) is 0 Å². The normalized spacial score (nSPS) is 33.9. The van der Waals surface area contributed by atoms with E-state index in [2.05, 4.69) is 17.6 Å². The van der Waals surface area contributed by atoms with Crippen LogP contribution in [-0.2, 0) is 0 Å². The summed E-state index contributed by atoms with van der Waals surface area (Å²) in [5, 5.41) is 6.35. The average Bonchev–Trinajstić information content (AvgIpc) is 2.58. The summed E-state index contributed by atoms with van der Waals surface area (Å²) in [5.41, 5.74) is 1.49. The Bertz CT molecular complexity index is 149. The molecule has 0 spiro atoms. The van der Waals surface area contributed by atoms with Crippen molar-refractivity contribution in [1.82, 2.24) is 5.32 Å². The SMILES string of the molecule is CC1NC(C2CC2)=CS1. The predicted octanol–water partition coefficient (Wildman–Crippen LogP) is 1.92. The molecule has 0 aromatic rings. The third-order valence-corrected chi connectivity index (χ3v) is 2.70. The lowest BCUT2D eigenvalue weighted by atomic mass is 10.3. The maximum absolute atomic E-state index is 3.44. The van der Waals surface area contributed by atoms with E-state index in [-0.39, 0.29) is 0 Å². The molecule has 1 aliphatic carbocycles. The first kappa shape index (κ1) is 5.66. The van der Waals surface area contributed by atoms with Crippen molar-refractivity contribution in [3.8, 4) is 0 Å². The zero-order valence-electron chi connectivity index (χ0n) is 5.55. The Morgan fingerprint density at radius 3 is 2.89 bits per heavy atom. The van der Waals surface area contributed by atoms with Gasteiger partial charge in [0.25, 0.3) is 0 Å². The second-order valence-corrected chi connectivity index (χ2v) is 3.99. The Hall–Kier alpha value is -0.110. The van der Waals surface area contributed by atoms with Crippen molar-refractivity contribution in [2.24, 2.45) is 5.92 Å². The molecule has 0 saturated heterocycles. The van der Waals surface area contributed by atoms with Crippen LogP contribution in [-0.4, -0.2) is 5.37 Å². The van der Waals surface area contributed by atoms with Crippen molar-refractivity contribution in [2.75, 3.05) is 0 Å². The first-order valence-corrected chi connectivity index (χ1v) is 4.42. The second-order valence-electron chi connectivity index (χ2n) is 2.77. The Morgan fingerprint density at radius 2 is 2.44 bits per heavy atom. The summed E-state index contributed by atoms with van der Waals surface area (Å²) in [7, 11) is 0. The molecule has 1 saturated carbocycles. The monoisotopic (exact) mass is 141 g/mol. The van der Waals surface area contributed by atoms with E-state index in [1.54, 1.807) is 0 Å². The molecule has 1 N–H and O–H groups in total. The molecule has 1 nitrogen and oxygen atoms in total. The molecule has 1 atom stereocenters. The van der Waals surface area contributed by atoms with E-state index >= 15 is 0 Å². The van der Waals surface area contributed by atoms with Gasteiger partial charge in [0.2, 0.25) is 0 Å². The number of nitrogens with one attached hydrogen (secondary N) is 1. The van der Waals surface area contributed by atoms with Crippen molar-refractivity contribution in [1.29, 1.82) is 0 Å². The third kappa shape index (κ3) is 1.08. The van der Waals surface area contributed by atoms with Crippen LogP contribution in [0.5, 0.6) is 0 Å². The molecule has 1 unspecified atom stereocenters. The highest BCUT2D eigenvalue weighted by molar-refractivity contribution is 8.02. The second kappa shape index (κ2) is 1.94. The van der Waals surface area contributed by atoms with Crippen LogP contribution in [0.15, 0.2) is 11.1 Å². The van der Waals surface area contributed by atoms with Crippen LogP contribution in [0.3, 0.4) is 0 Å². The molecule has 0 bridgehead atoms. The van der Waals surface area contributed by atoms with Crippen LogP contribution < -0.4 is 5.32 Å². The largest absolute Gasteiger partial charge is 0.376 e. The third-order valence-electron chi connectivity index (χ3n) is 1.79. The fraction of sp³-hybridized carbons (Fsp3) is 0.714. The molecule has 0 radical (unpaired) electrons. The summed E-state index contributed by atoms with van der Waals surface area (Å²) in [6.45, 7) is 2.20. The first-order chi connectivity index (χ1) is 4.36. The van der Waals surface area contributed by atoms with Crippen LogP contribution in [0.2, 0.25) is 0 Å².